The third kappa shape index (κ3) is 3.78. The fraction of sp³-hybridized carbons (Fsp3) is 0.700. The molecule has 2 fully saturated rings. The Balaban J connectivity index is 1.95. The normalized spacial score (nSPS) is 22.9. The van der Waals surface area contributed by atoms with E-state index in [0.717, 1.165) is 23.8 Å². The highest BCUT2D eigenvalue weighted by Gasteiger charge is 2.50. The molecule has 1 atom stereocenters. The predicted molar refractivity (Wildman–Crippen MR) is 99.3 cm³/mol. The molecule has 5 nitrogen and oxygen atoms in total. The Morgan fingerprint density at radius 3 is 2.36 bits per heavy atom. The van der Waals surface area contributed by atoms with Crippen LogP contribution in [0.25, 0.3) is 0 Å². The number of hydroxylamine groups is 1. The van der Waals surface area contributed by atoms with Crippen LogP contribution in [0.1, 0.15) is 71.8 Å². The molecule has 0 bridgehead atoms. The van der Waals surface area contributed by atoms with Crippen molar-refractivity contribution in [2.24, 2.45) is 5.92 Å². The van der Waals surface area contributed by atoms with Gasteiger partial charge in [0.1, 0.15) is 22.6 Å². The van der Waals surface area contributed by atoms with Crippen LogP contribution in [0.2, 0.25) is 0 Å². The first-order chi connectivity index (χ1) is 11.8. The Hall–Kier alpha value is -1.30. The minimum atomic E-state index is -0.414. The maximum atomic E-state index is 6.17. The zero-order valence-corrected chi connectivity index (χ0v) is 16.4. The molecule has 1 N–H and O–H groups in total. The van der Waals surface area contributed by atoms with Crippen molar-refractivity contribution in [2.45, 2.75) is 77.4 Å². The van der Waals surface area contributed by atoms with E-state index in [0.29, 0.717) is 5.92 Å². The summed E-state index contributed by atoms with van der Waals surface area (Å²) >= 11 is 0. The molecule has 1 unspecified atom stereocenters. The van der Waals surface area contributed by atoms with Crippen LogP contribution in [0.15, 0.2) is 18.2 Å². The molecule has 1 aliphatic carbocycles. The second kappa shape index (κ2) is 6.78. The lowest BCUT2D eigenvalue weighted by Crippen LogP contribution is -2.41. The topological polar surface area (TPSA) is 43.0 Å². The van der Waals surface area contributed by atoms with Gasteiger partial charge in [0, 0.05) is 13.1 Å². The number of nitrogens with one attached hydrogen (secondary N) is 1. The summed E-state index contributed by atoms with van der Waals surface area (Å²) in [6.07, 6.45) is 5.07. The second-order valence-corrected chi connectivity index (χ2v) is 8.27. The molecule has 1 aromatic rings. The Kier molecular flexibility index (Phi) is 5.02. The maximum absolute atomic E-state index is 6.17. The smallest absolute Gasteiger partial charge is 0.149 e. The van der Waals surface area contributed by atoms with Crippen molar-refractivity contribution in [2.75, 3.05) is 12.3 Å². The molecule has 5 heteroatoms. The third-order valence-electron chi connectivity index (χ3n) is 5.74. The summed E-state index contributed by atoms with van der Waals surface area (Å²) in [5, 5.41) is 1.60. The molecular weight excluding hydrogens is 316 g/mol. The molecule has 3 rings (SSSR count). The average molecular weight is 348 g/mol. The summed E-state index contributed by atoms with van der Waals surface area (Å²) in [6, 6.07) is 6.17. The Bertz CT molecular complexity index is 595. The minimum Gasteiger partial charge on any atom is -0.409 e. The van der Waals surface area contributed by atoms with E-state index in [1.54, 1.807) is 12.3 Å². The van der Waals surface area contributed by atoms with Crippen LogP contribution in [-0.4, -0.2) is 18.2 Å². The van der Waals surface area contributed by atoms with Gasteiger partial charge >= 0.3 is 0 Å². The van der Waals surface area contributed by atoms with E-state index in [1.807, 2.05) is 12.1 Å². The summed E-state index contributed by atoms with van der Waals surface area (Å²) in [4.78, 5) is 17.8. The molecular formula is C20H32N2O3. The number of hydrogen-bond donors (Lipinski definition) is 1. The maximum Gasteiger partial charge on any atom is 0.149 e. The number of rotatable bonds is 7. The second-order valence-electron chi connectivity index (χ2n) is 8.27. The third-order valence-corrected chi connectivity index (χ3v) is 5.74. The first kappa shape index (κ1) is 18.5. The van der Waals surface area contributed by atoms with E-state index in [1.165, 1.54) is 24.8 Å². The molecule has 1 saturated carbocycles. The molecule has 0 spiro atoms. The quantitative estimate of drug-likeness (QED) is 0.721. The highest BCUT2D eigenvalue weighted by atomic mass is 17.0. The van der Waals surface area contributed by atoms with Gasteiger partial charge in [-0.2, -0.15) is 5.48 Å². The fourth-order valence-corrected chi connectivity index (χ4v) is 3.23. The van der Waals surface area contributed by atoms with Gasteiger partial charge in [-0.05, 0) is 64.0 Å². The Labute approximate surface area is 151 Å². The average Bonchev–Trinajstić information content (AvgIpc) is 3.32. The lowest BCUT2D eigenvalue weighted by Gasteiger charge is -2.26. The number of hydrogen-bond acceptors (Lipinski definition) is 5. The zero-order chi connectivity index (χ0) is 18.2. The van der Waals surface area contributed by atoms with Gasteiger partial charge in [0.2, 0.25) is 0 Å². The van der Waals surface area contributed by atoms with Crippen molar-refractivity contribution < 1.29 is 14.5 Å². The first-order valence-electron chi connectivity index (χ1n) is 9.43. The number of anilines is 1. The van der Waals surface area contributed by atoms with Crippen LogP contribution >= 0.6 is 0 Å². The minimum absolute atomic E-state index is 0.414. The van der Waals surface area contributed by atoms with Crippen LogP contribution < -0.4 is 15.5 Å². The van der Waals surface area contributed by atoms with Gasteiger partial charge < -0.3 is 4.84 Å². The fourth-order valence-electron chi connectivity index (χ4n) is 3.23. The van der Waals surface area contributed by atoms with E-state index in [-0.39, 0.29) is 0 Å². The van der Waals surface area contributed by atoms with Crippen LogP contribution in [-0.2, 0) is 9.68 Å². The molecule has 1 heterocycles. The standard InChI is InChI=1S/C20H32N2O3/c1-7-15(12-14-8-9-14)17-11-10-16(23-21-6)13-18(17)22-24-19(2,3)20(4,5)25-22/h10-11,13-15,21H,7-9,12H2,1-6H3. The molecule has 1 aliphatic heterocycles. The molecule has 25 heavy (non-hydrogen) atoms. The van der Waals surface area contributed by atoms with E-state index in [9.17, 15) is 0 Å². The molecule has 0 amide bonds. The molecule has 0 aromatic heterocycles. The van der Waals surface area contributed by atoms with Gasteiger partial charge in [-0.3, -0.25) is 0 Å². The highest BCUT2D eigenvalue weighted by Crippen LogP contribution is 2.46. The Morgan fingerprint density at radius 1 is 1.20 bits per heavy atom. The van der Waals surface area contributed by atoms with Crippen molar-refractivity contribution in [3.8, 4) is 5.75 Å². The van der Waals surface area contributed by atoms with Gasteiger partial charge in [-0.15, -0.1) is 5.23 Å². The Morgan fingerprint density at radius 2 is 1.84 bits per heavy atom. The van der Waals surface area contributed by atoms with Crippen molar-refractivity contribution >= 4 is 5.69 Å². The molecule has 2 aliphatic rings. The van der Waals surface area contributed by atoms with Crippen molar-refractivity contribution in [1.82, 2.24) is 5.48 Å². The van der Waals surface area contributed by atoms with Gasteiger partial charge in [0.05, 0.1) is 0 Å². The van der Waals surface area contributed by atoms with Crippen LogP contribution in [0, 0.1) is 5.92 Å². The monoisotopic (exact) mass is 348 g/mol. The summed E-state index contributed by atoms with van der Waals surface area (Å²) < 4.78 is 0. The van der Waals surface area contributed by atoms with Crippen molar-refractivity contribution in [3.05, 3.63) is 23.8 Å². The van der Waals surface area contributed by atoms with Crippen LogP contribution in [0.3, 0.4) is 0 Å². The summed E-state index contributed by atoms with van der Waals surface area (Å²) in [6.45, 7) is 10.5. The molecule has 140 valence electrons. The van der Waals surface area contributed by atoms with Crippen LogP contribution in [0.5, 0.6) is 5.75 Å². The van der Waals surface area contributed by atoms with Crippen molar-refractivity contribution in [1.29, 1.82) is 0 Å². The van der Waals surface area contributed by atoms with Gasteiger partial charge in [-0.1, -0.05) is 25.8 Å². The zero-order valence-electron chi connectivity index (χ0n) is 16.4. The highest BCUT2D eigenvalue weighted by molar-refractivity contribution is 5.56. The van der Waals surface area contributed by atoms with Crippen molar-refractivity contribution in [3.63, 3.8) is 0 Å². The molecule has 0 radical (unpaired) electrons. The van der Waals surface area contributed by atoms with E-state index in [2.05, 4.69) is 46.2 Å². The molecule has 1 saturated heterocycles. The van der Waals surface area contributed by atoms with E-state index >= 15 is 0 Å². The van der Waals surface area contributed by atoms with E-state index in [4.69, 9.17) is 14.5 Å². The van der Waals surface area contributed by atoms with Gasteiger partial charge in [-0.25, -0.2) is 9.68 Å². The number of nitrogens with zero attached hydrogens (tertiary/aromatic N) is 1. The molecule has 1 aromatic carbocycles. The summed E-state index contributed by atoms with van der Waals surface area (Å²) in [7, 11) is 1.75. The predicted octanol–water partition coefficient (Wildman–Crippen LogP) is 4.73. The van der Waals surface area contributed by atoms with Gasteiger partial charge in [0.25, 0.3) is 0 Å². The largest absolute Gasteiger partial charge is 0.409 e. The lowest BCUT2D eigenvalue weighted by atomic mass is 9.90. The van der Waals surface area contributed by atoms with Gasteiger partial charge in [0.15, 0.2) is 0 Å². The summed E-state index contributed by atoms with van der Waals surface area (Å²) in [5.41, 5.74) is 4.12. The summed E-state index contributed by atoms with van der Waals surface area (Å²) in [5.74, 6) is 2.13. The lowest BCUT2D eigenvalue weighted by molar-refractivity contribution is -0.0279. The SMILES string of the molecule is CCC(CC1CC1)c1ccc(ONC)cc1N1OC(C)(C)C(C)(C)O1. The first-order valence-corrected chi connectivity index (χ1v) is 9.43. The van der Waals surface area contributed by atoms with E-state index < -0.39 is 11.2 Å². The van der Waals surface area contributed by atoms with Crippen LogP contribution in [0.4, 0.5) is 5.69 Å². The number of benzene rings is 1.